The second-order valence-electron chi connectivity index (χ2n) is 4.37. The van der Waals surface area contributed by atoms with Crippen LogP contribution in [0.25, 0.3) is 0 Å². The third-order valence-corrected chi connectivity index (χ3v) is 3.41. The second-order valence-corrected chi connectivity index (χ2v) is 5.28. The Morgan fingerprint density at radius 2 is 1.80 bits per heavy atom. The van der Waals surface area contributed by atoms with Crippen LogP contribution in [0.15, 0.2) is 46.9 Å². The predicted octanol–water partition coefficient (Wildman–Crippen LogP) is 4.22. The first-order valence-corrected chi connectivity index (χ1v) is 6.78. The molecule has 104 valence electrons. The zero-order chi connectivity index (χ0) is 14.7. The maximum atomic E-state index is 13.6. The van der Waals surface area contributed by atoms with Crippen molar-refractivity contribution >= 4 is 21.8 Å². The minimum absolute atomic E-state index is 0.247. The summed E-state index contributed by atoms with van der Waals surface area (Å²) in [5, 5.41) is 2.68. The second kappa shape index (κ2) is 6.13. The molecule has 0 saturated heterocycles. The Labute approximate surface area is 123 Å². The Morgan fingerprint density at radius 1 is 1.15 bits per heavy atom. The lowest BCUT2D eigenvalue weighted by atomic mass is 10.1. The van der Waals surface area contributed by atoms with Crippen LogP contribution in [-0.2, 0) is 0 Å². The molecule has 0 radical (unpaired) electrons. The molecule has 0 bridgehead atoms. The quantitative estimate of drug-likeness (QED) is 0.891. The molecule has 5 heteroatoms. The van der Waals surface area contributed by atoms with Gasteiger partial charge in [-0.3, -0.25) is 4.79 Å². The van der Waals surface area contributed by atoms with Crippen LogP contribution in [0.4, 0.5) is 8.78 Å². The van der Waals surface area contributed by atoms with Crippen molar-refractivity contribution in [3.05, 3.63) is 69.7 Å². The van der Waals surface area contributed by atoms with E-state index in [1.165, 1.54) is 12.1 Å². The van der Waals surface area contributed by atoms with E-state index in [1.807, 2.05) is 0 Å². The summed E-state index contributed by atoms with van der Waals surface area (Å²) in [6.07, 6.45) is 0. The van der Waals surface area contributed by atoms with Gasteiger partial charge in [-0.25, -0.2) is 8.78 Å². The lowest BCUT2D eigenvalue weighted by molar-refractivity contribution is 0.0939. The van der Waals surface area contributed by atoms with Crippen molar-refractivity contribution in [3.63, 3.8) is 0 Å². The summed E-state index contributed by atoms with van der Waals surface area (Å²) in [7, 11) is 0. The Hall–Kier alpha value is -1.75. The molecule has 1 atom stereocenters. The van der Waals surface area contributed by atoms with Crippen molar-refractivity contribution in [2.45, 2.75) is 13.0 Å². The number of halogens is 3. The Morgan fingerprint density at radius 3 is 2.40 bits per heavy atom. The maximum Gasteiger partial charge on any atom is 0.251 e. The lowest BCUT2D eigenvalue weighted by Gasteiger charge is -2.15. The zero-order valence-electron chi connectivity index (χ0n) is 10.7. The predicted molar refractivity (Wildman–Crippen MR) is 76.4 cm³/mol. The van der Waals surface area contributed by atoms with Crippen LogP contribution in [0.5, 0.6) is 0 Å². The van der Waals surface area contributed by atoms with Crippen LogP contribution in [0.3, 0.4) is 0 Å². The molecule has 2 aromatic carbocycles. The van der Waals surface area contributed by atoms with E-state index in [-0.39, 0.29) is 11.5 Å². The van der Waals surface area contributed by atoms with Crippen LogP contribution in [-0.4, -0.2) is 5.91 Å². The highest BCUT2D eigenvalue weighted by atomic mass is 79.9. The largest absolute Gasteiger partial charge is 0.345 e. The molecule has 0 aliphatic carbocycles. The Bertz CT molecular complexity index is 628. The zero-order valence-corrected chi connectivity index (χ0v) is 12.2. The summed E-state index contributed by atoms with van der Waals surface area (Å²) >= 11 is 3.28. The van der Waals surface area contributed by atoms with E-state index in [2.05, 4.69) is 21.2 Å². The molecule has 0 unspecified atom stereocenters. The van der Waals surface area contributed by atoms with Crippen molar-refractivity contribution in [2.24, 2.45) is 0 Å². The summed E-state index contributed by atoms with van der Waals surface area (Å²) in [5.74, 6) is -1.62. The highest BCUT2D eigenvalue weighted by molar-refractivity contribution is 9.10. The van der Waals surface area contributed by atoms with E-state index >= 15 is 0 Å². The van der Waals surface area contributed by atoms with E-state index in [0.717, 1.165) is 10.5 Å². The standard InChI is InChI=1S/C15H12BrF2NO/c1-9(13-7-6-12(17)8-14(13)18)19-15(20)10-2-4-11(16)5-3-10/h2-9H,1H3,(H,19,20)/t9-/m1/s1. The first-order chi connectivity index (χ1) is 9.47. The number of benzene rings is 2. The monoisotopic (exact) mass is 339 g/mol. The lowest BCUT2D eigenvalue weighted by Crippen LogP contribution is -2.27. The first-order valence-electron chi connectivity index (χ1n) is 5.99. The topological polar surface area (TPSA) is 29.1 Å². The molecule has 0 aromatic heterocycles. The van der Waals surface area contributed by atoms with Crippen LogP contribution >= 0.6 is 15.9 Å². The van der Waals surface area contributed by atoms with E-state index in [9.17, 15) is 13.6 Å². The third-order valence-electron chi connectivity index (χ3n) is 2.88. The molecule has 0 saturated carbocycles. The number of carbonyl (C=O) groups excluding carboxylic acids is 1. The molecule has 0 aliphatic heterocycles. The summed E-state index contributed by atoms with van der Waals surface area (Å²) in [6, 6.07) is 9.57. The molecule has 0 heterocycles. The number of nitrogens with one attached hydrogen (secondary N) is 1. The van der Waals surface area contributed by atoms with Gasteiger partial charge in [0.25, 0.3) is 5.91 Å². The van der Waals surface area contributed by atoms with Gasteiger partial charge in [0.15, 0.2) is 0 Å². The van der Waals surface area contributed by atoms with Crippen LogP contribution < -0.4 is 5.32 Å². The van der Waals surface area contributed by atoms with Gasteiger partial charge in [0.05, 0.1) is 6.04 Å². The summed E-state index contributed by atoms with van der Waals surface area (Å²) < 4.78 is 27.3. The van der Waals surface area contributed by atoms with Gasteiger partial charge in [-0.15, -0.1) is 0 Å². The SMILES string of the molecule is C[C@@H](NC(=O)c1ccc(Br)cc1)c1ccc(F)cc1F. The van der Waals surface area contributed by atoms with Gasteiger partial charge in [0, 0.05) is 21.7 Å². The average molecular weight is 340 g/mol. The third kappa shape index (κ3) is 3.42. The summed E-state index contributed by atoms with van der Waals surface area (Å²) in [4.78, 5) is 12.0. The molecule has 0 aliphatic rings. The minimum atomic E-state index is -0.673. The smallest absolute Gasteiger partial charge is 0.251 e. The summed E-state index contributed by atoms with van der Waals surface area (Å²) in [6.45, 7) is 1.65. The number of hydrogen-bond donors (Lipinski definition) is 1. The van der Waals surface area contributed by atoms with Gasteiger partial charge < -0.3 is 5.32 Å². The fourth-order valence-corrected chi connectivity index (χ4v) is 2.08. The molecule has 2 aromatic rings. The Balaban J connectivity index is 2.12. The van der Waals surface area contributed by atoms with Gasteiger partial charge in [-0.2, -0.15) is 0 Å². The average Bonchev–Trinajstić information content (AvgIpc) is 2.39. The molecule has 0 fully saturated rings. The van der Waals surface area contributed by atoms with E-state index < -0.39 is 17.7 Å². The van der Waals surface area contributed by atoms with Gasteiger partial charge >= 0.3 is 0 Å². The van der Waals surface area contributed by atoms with E-state index in [1.54, 1.807) is 31.2 Å². The van der Waals surface area contributed by atoms with Crippen LogP contribution in [0.2, 0.25) is 0 Å². The maximum absolute atomic E-state index is 13.6. The number of carbonyl (C=O) groups is 1. The first kappa shape index (κ1) is 14.7. The van der Waals surface area contributed by atoms with Crippen molar-refractivity contribution in [1.82, 2.24) is 5.32 Å². The molecular weight excluding hydrogens is 328 g/mol. The van der Waals surface area contributed by atoms with Crippen molar-refractivity contribution in [1.29, 1.82) is 0 Å². The van der Waals surface area contributed by atoms with Crippen molar-refractivity contribution in [3.8, 4) is 0 Å². The molecule has 0 spiro atoms. The molecule has 1 N–H and O–H groups in total. The van der Waals surface area contributed by atoms with Crippen LogP contribution in [0.1, 0.15) is 28.9 Å². The fourth-order valence-electron chi connectivity index (χ4n) is 1.81. The summed E-state index contributed by atoms with van der Waals surface area (Å²) in [5.41, 5.74) is 0.722. The molecular formula is C15H12BrF2NO. The van der Waals surface area contributed by atoms with Gasteiger partial charge in [0.1, 0.15) is 11.6 Å². The number of hydrogen-bond acceptors (Lipinski definition) is 1. The number of rotatable bonds is 3. The van der Waals surface area contributed by atoms with Crippen LogP contribution in [0, 0.1) is 11.6 Å². The highest BCUT2D eigenvalue weighted by Gasteiger charge is 2.15. The number of amides is 1. The molecule has 1 amide bonds. The van der Waals surface area contributed by atoms with Crippen molar-refractivity contribution < 1.29 is 13.6 Å². The van der Waals surface area contributed by atoms with E-state index in [0.29, 0.717) is 5.56 Å². The normalized spacial score (nSPS) is 12.0. The fraction of sp³-hybridized carbons (Fsp3) is 0.133. The molecule has 20 heavy (non-hydrogen) atoms. The molecule has 2 nitrogen and oxygen atoms in total. The van der Waals surface area contributed by atoms with Crippen molar-refractivity contribution in [2.75, 3.05) is 0 Å². The minimum Gasteiger partial charge on any atom is -0.345 e. The van der Waals surface area contributed by atoms with Gasteiger partial charge in [-0.1, -0.05) is 22.0 Å². The molecule has 2 rings (SSSR count). The van der Waals surface area contributed by atoms with Gasteiger partial charge in [-0.05, 0) is 37.3 Å². The Kier molecular flexibility index (Phi) is 4.49. The van der Waals surface area contributed by atoms with E-state index in [4.69, 9.17) is 0 Å². The van der Waals surface area contributed by atoms with Gasteiger partial charge in [0.2, 0.25) is 0 Å². The highest BCUT2D eigenvalue weighted by Crippen LogP contribution is 2.18.